The predicted octanol–water partition coefficient (Wildman–Crippen LogP) is 1.94. The number of aryl methyl sites for hydroxylation is 1. The Kier molecular flexibility index (Phi) is 4.91. The zero-order valence-corrected chi connectivity index (χ0v) is 13.5. The second-order valence-electron chi connectivity index (χ2n) is 5.88. The molecule has 1 saturated carbocycles. The van der Waals surface area contributed by atoms with Crippen molar-refractivity contribution in [3.63, 3.8) is 0 Å². The molecule has 118 valence electrons. The van der Waals surface area contributed by atoms with E-state index in [-0.39, 0.29) is 4.90 Å². The number of hydrogen-bond donors (Lipinski definition) is 2. The second-order valence-corrected chi connectivity index (χ2v) is 7.65. The summed E-state index contributed by atoms with van der Waals surface area (Å²) in [6, 6.07) is 4.84. The molecule has 0 aliphatic heterocycles. The Hall–Kier alpha value is -1.11. The van der Waals surface area contributed by atoms with E-state index in [1.54, 1.807) is 25.3 Å². The predicted molar refractivity (Wildman–Crippen MR) is 82.9 cm³/mol. The lowest BCUT2D eigenvalue weighted by Crippen LogP contribution is -2.51. The van der Waals surface area contributed by atoms with Crippen LogP contribution in [0.15, 0.2) is 23.1 Å². The third-order valence-electron chi connectivity index (χ3n) is 4.14. The molecule has 1 fully saturated rings. The van der Waals surface area contributed by atoms with Gasteiger partial charge in [-0.25, -0.2) is 13.1 Å². The van der Waals surface area contributed by atoms with Crippen molar-refractivity contribution in [1.82, 2.24) is 4.72 Å². The normalized spacial score (nSPS) is 18.4. The Morgan fingerprint density at radius 2 is 1.95 bits per heavy atom. The minimum Gasteiger partial charge on any atom is -0.496 e. The molecule has 3 N–H and O–H groups in total. The molecule has 0 bridgehead atoms. The van der Waals surface area contributed by atoms with E-state index in [1.165, 1.54) is 6.42 Å². The number of nitrogens with one attached hydrogen (secondary N) is 1. The van der Waals surface area contributed by atoms with Crippen molar-refractivity contribution in [2.45, 2.75) is 49.5 Å². The molecule has 1 aromatic rings. The molecule has 0 heterocycles. The lowest BCUT2D eigenvalue weighted by molar-refractivity contribution is 0.296. The Bertz CT molecular complexity index is 593. The molecule has 0 saturated heterocycles. The zero-order chi connectivity index (χ0) is 15.5. The third kappa shape index (κ3) is 3.96. The van der Waals surface area contributed by atoms with E-state index >= 15 is 0 Å². The molecule has 1 aliphatic carbocycles. The average Bonchev–Trinajstić information content (AvgIpc) is 2.46. The second kappa shape index (κ2) is 6.34. The number of hydrogen-bond acceptors (Lipinski definition) is 4. The standard InChI is InChI=1S/C15H24N2O3S/c1-12-10-13(6-7-14(12)20-2)21(18,19)17-11-15(16)8-4-3-5-9-15/h6-7,10,17H,3-5,8-9,11,16H2,1-2H3. The van der Waals surface area contributed by atoms with Gasteiger partial charge in [-0.1, -0.05) is 19.3 Å². The molecular weight excluding hydrogens is 288 g/mol. The minimum atomic E-state index is -3.53. The highest BCUT2D eigenvalue weighted by atomic mass is 32.2. The highest BCUT2D eigenvalue weighted by molar-refractivity contribution is 7.89. The summed E-state index contributed by atoms with van der Waals surface area (Å²) in [5, 5.41) is 0. The third-order valence-corrected chi connectivity index (χ3v) is 5.54. The van der Waals surface area contributed by atoms with Crippen LogP contribution in [0, 0.1) is 6.92 Å². The highest BCUT2D eigenvalue weighted by Crippen LogP contribution is 2.26. The Labute approximate surface area is 126 Å². The van der Waals surface area contributed by atoms with Crippen LogP contribution in [-0.2, 0) is 10.0 Å². The van der Waals surface area contributed by atoms with Gasteiger partial charge in [-0.2, -0.15) is 0 Å². The quantitative estimate of drug-likeness (QED) is 0.870. The first kappa shape index (κ1) is 16.3. The zero-order valence-electron chi connectivity index (χ0n) is 12.7. The van der Waals surface area contributed by atoms with E-state index in [1.807, 2.05) is 6.92 Å². The van der Waals surface area contributed by atoms with Crippen LogP contribution in [0.4, 0.5) is 0 Å². The molecule has 5 nitrogen and oxygen atoms in total. The van der Waals surface area contributed by atoms with Crippen LogP contribution in [0.25, 0.3) is 0 Å². The fourth-order valence-corrected chi connectivity index (χ4v) is 4.00. The van der Waals surface area contributed by atoms with E-state index < -0.39 is 15.6 Å². The number of sulfonamides is 1. The van der Waals surface area contributed by atoms with Crippen molar-refractivity contribution in [1.29, 1.82) is 0 Å². The van der Waals surface area contributed by atoms with E-state index in [2.05, 4.69) is 4.72 Å². The van der Waals surface area contributed by atoms with Gasteiger partial charge in [0.15, 0.2) is 0 Å². The van der Waals surface area contributed by atoms with Gasteiger partial charge in [-0.15, -0.1) is 0 Å². The molecule has 1 aromatic carbocycles. The van der Waals surface area contributed by atoms with Crippen molar-refractivity contribution in [2.24, 2.45) is 5.73 Å². The highest BCUT2D eigenvalue weighted by Gasteiger charge is 2.29. The van der Waals surface area contributed by atoms with Gasteiger partial charge in [-0.05, 0) is 43.5 Å². The summed E-state index contributed by atoms with van der Waals surface area (Å²) in [4.78, 5) is 0.250. The summed E-state index contributed by atoms with van der Waals surface area (Å²) < 4.78 is 32.5. The van der Waals surface area contributed by atoms with Crippen LogP contribution in [0.1, 0.15) is 37.7 Å². The van der Waals surface area contributed by atoms with E-state index in [0.29, 0.717) is 12.3 Å². The van der Waals surface area contributed by atoms with Crippen LogP contribution in [0.3, 0.4) is 0 Å². The van der Waals surface area contributed by atoms with Crippen molar-refractivity contribution >= 4 is 10.0 Å². The van der Waals surface area contributed by atoms with E-state index in [9.17, 15) is 8.42 Å². The first-order valence-electron chi connectivity index (χ1n) is 7.29. The number of methoxy groups -OCH3 is 1. The number of ether oxygens (including phenoxy) is 1. The van der Waals surface area contributed by atoms with Gasteiger partial charge in [0.1, 0.15) is 5.75 Å². The van der Waals surface area contributed by atoms with Crippen molar-refractivity contribution < 1.29 is 13.2 Å². The van der Waals surface area contributed by atoms with Crippen molar-refractivity contribution in [2.75, 3.05) is 13.7 Å². The van der Waals surface area contributed by atoms with Gasteiger partial charge < -0.3 is 10.5 Å². The molecule has 6 heteroatoms. The summed E-state index contributed by atoms with van der Waals surface area (Å²) in [7, 11) is -1.97. The molecule has 2 rings (SSSR count). The van der Waals surface area contributed by atoms with Crippen LogP contribution < -0.4 is 15.2 Å². The van der Waals surface area contributed by atoms with Crippen LogP contribution in [0.5, 0.6) is 5.75 Å². The molecular formula is C15H24N2O3S. The maximum Gasteiger partial charge on any atom is 0.240 e. The van der Waals surface area contributed by atoms with Gasteiger partial charge >= 0.3 is 0 Å². The molecule has 0 amide bonds. The maximum atomic E-state index is 12.4. The van der Waals surface area contributed by atoms with Crippen molar-refractivity contribution in [3.05, 3.63) is 23.8 Å². The summed E-state index contributed by atoms with van der Waals surface area (Å²) in [5.41, 5.74) is 6.66. The first-order chi connectivity index (χ1) is 9.86. The van der Waals surface area contributed by atoms with Crippen LogP contribution in [-0.4, -0.2) is 27.6 Å². The lowest BCUT2D eigenvalue weighted by atomic mass is 9.83. The molecule has 0 aromatic heterocycles. The minimum absolute atomic E-state index is 0.250. The van der Waals surface area contributed by atoms with Crippen LogP contribution >= 0.6 is 0 Å². The Morgan fingerprint density at radius 1 is 1.29 bits per heavy atom. The fourth-order valence-electron chi connectivity index (χ4n) is 2.77. The molecule has 0 unspecified atom stereocenters. The molecule has 0 atom stereocenters. The monoisotopic (exact) mass is 312 g/mol. The van der Waals surface area contributed by atoms with Crippen LogP contribution in [0.2, 0.25) is 0 Å². The fraction of sp³-hybridized carbons (Fsp3) is 0.600. The largest absolute Gasteiger partial charge is 0.496 e. The van der Waals surface area contributed by atoms with Crippen molar-refractivity contribution in [3.8, 4) is 5.75 Å². The summed E-state index contributed by atoms with van der Waals surface area (Å²) in [6.07, 6.45) is 5.07. The van der Waals surface area contributed by atoms with E-state index in [0.717, 1.165) is 31.2 Å². The number of rotatable bonds is 5. The first-order valence-corrected chi connectivity index (χ1v) is 8.78. The molecule has 0 spiro atoms. The number of nitrogens with two attached hydrogens (primary N) is 1. The SMILES string of the molecule is COc1ccc(S(=O)(=O)NCC2(N)CCCCC2)cc1C. The van der Waals surface area contributed by atoms with Gasteiger partial charge in [0.2, 0.25) is 10.0 Å². The van der Waals surface area contributed by atoms with Gasteiger partial charge in [0.05, 0.1) is 12.0 Å². The summed E-state index contributed by atoms with van der Waals surface area (Å²) in [6.45, 7) is 2.11. The number of benzene rings is 1. The Balaban J connectivity index is 2.09. The average molecular weight is 312 g/mol. The van der Waals surface area contributed by atoms with Gasteiger partial charge in [-0.3, -0.25) is 0 Å². The van der Waals surface area contributed by atoms with Gasteiger partial charge in [0, 0.05) is 12.1 Å². The molecule has 21 heavy (non-hydrogen) atoms. The lowest BCUT2D eigenvalue weighted by Gasteiger charge is -2.33. The molecule has 0 radical (unpaired) electrons. The maximum absolute atomic E-state index is 12.4. The van der Waals surface area contributed by atoms with Gasteiger partial charge in [0.25, 0.3) is 0 Å². The Morgan fingerprint density at radius 3 is 2.52 bits per heavy atom. The van der Waals surface area contributed by atoms with E-state index in [4.69, 9.17) is 10.5 Å². The summed E-state index contributed by atoms with van der Waals surface area (Å²) >= 11 is 0. The smallest absolute Gasteiger partial charge is 0.240 e. The topological polar surface area (TPSA) is 81.4 Å². The molecule has 1 aliphatic rings. The summed E-state index contributed by atoms with van der Waals surface area (Å²) in [5.74, 6) is 0.677.